The third-order valence-electron chi connectivity index (χ3n) is 6.82. The first-order valence-electron chi connectivity index (χ1n) is 13.0. The molecule has 8 nitrogen and oxygen atoms in total. The fourth-order valence-electron chi connectivity index (χ4n) is 4.59. The summed E-state index contributed by atoms with van der Waals surface area (Å²) >= 11 is 1.51. The zero-order valence-electron chi connectivity index (χ0n) is 22.0. The molecule has 0 N–H and O–H groups in total. The Morgan fingerprint density at radius 1 is 1.05 bits per heavy atom. The number of hydrogen-bond donors (Lipinski definition) is 0. The molecule has 0 aliphatic carbocycles. The van der Waals surface area contributed by atoms with Gasteiger partial charge in [-0.3, -0.25) is 9.36 Å². The Morgan fingerprint density at radius 3 is 2.68 bits per heavy atom. The van der Waals surface area contributed by atoms with Crippen molar-refractivity contribution in [2.24, 2.45) is 0 Å². The van der Waals surface area contributed by atoms with Gasteiger partial charge in [-0.15, -0.1) is 0 Å². The summed E-state index contributed by atoms with van der Waals surface area (Å²) in [6.45, 7) is 6.36. The molecule has 0 unspecified atom stereocenters. The van der Waals surface area contributed by atoms with Gasteiger partial charge < -0.3 is 23.7 Å². The minimum atomic E-state index is -0.114. The topological polar surface area (TPSA) is 73.0 Å². The van der Waals surface area contributed by atoms with Gasteiger partial charge >= 0.3 is 0 Å². The number of nitrogens with zero attached hydrogens (tertiary/aromatic N) is 4. The molecule has 38 heavy (non-hydrogen) atoms. The molecule has 0 radical (unpaired) electrons. The van der Waals surface area contributed by atoms with Crippen LogP contribution in [-0.2, 0) is 12.3 Å². The molecule has 0 amide bonds. The van der Waals surface area contributed by atoms with Gasteiger partial charge in [-0.1, -0.05) is 30.0 Å². The van der Waals surface area contributed by atoms with Crippen LogP contribution in [-0.4, -0.2) is 72.8 Å². The molecule has 1 saturated heterocycles. The first-order valence-corrected chi connectivity index (χ1v) is 13.9. The SMILES string of the molecule is COc1ccccc1CSc1nc2ccc(OCCCN3CCN(C)CC3)cc2c(=O)n1Cc1ccco1. The second kappa shape index (κ2) is 12.5. The Bertz CT molecular complexity index is 1400. The second-order valence-corrected chi connectivity index (χ2v) is 10.4. The fourth-order valence-corrected chi connectivity index (χ4v) is 5.58. The number of benzene rings is 2. The smallest absolute Gasteiger partial charge is 0.262 e. The summed E-state index contributed by atoms with van der Waals surface area (Å²) in [5, 5.41) is 1.17. The maximum absolute atomic E-state index is 13.7. The lowest BCUT2D eigenvalue weighted by Gasteiger charge is -2.32. The number of fused-ring (bicyclic) bond motifs is 1. The Morgan fingerprint density at radius 2 is 1.89 bits per heavy atom. The third-order valence-corrected chi connectivity index (χ3v) is 7.84. The van der Waals surface area contributed by atoms with E-state index in [1.165, 1.54) is 11.8 Å². The van der Waals surface area contributed by atoms with Crippen LogP contribution in [0.3, 0.4) is 0 Å². The highest BCUT2D eigenvalue weighted by Gasteiger charge is 2.16. The highest BCUT2D eigenvalue weighted by Crippen LogP contribution is 2.28. The van der Waals surface area contributed by atoms with Gasteiger partial charge in [-0.25, -0.2) is 4.98 Å². The summed E-state index contributed by atoms with van der Waals surface area (Å²) in [4.78, 5) is 23.4. The van der Waals surface area contributed by atoms with E-state index in [9.17, 15) is 4.79 Å². The summed E-state index contributed by atoms with van der Waals surface area (Å²) in [5.74, 6) is 2.82. The average Bonchev–Trinajstić information content (AvgIpc) is 3.46. The zero-order chi connectivity index (χ0) is 26.3. The number of hydrogen-bond acceptors (Lipinski definition) is 8. The molecule has 1 aliphatic rings. The predicted molar refractivity (Wildman–Crippen MR) is 150 cm³/mol. The number of thioether (sulfide) groups is 1. The van der Waals surface area contributed by atoms with Gasteiger partial charge in [0, 0.05) is 44.0 Å². The van der Waals surface area contributed by atoms with E-state index in [0.717, 1.165) is 50.5 Å². The number of likely N-dealkylation sites (N-methyl/N-ethyl adjacent to an activating group) is 1. The molecule has 200 valence electrons. The summed E-state index contributed by atoms with van der Waals surface area (Å²) in [6.07, 6.45) is 2.56. The quantitative estimate of drug-likeness (QED) is 0.160. The van der Waals surface area contributed by atoms with Gasteiger partial charge in [0.15, 0.2) is 5.16 Å². The molecule has 3 heterocycles. The molecule has 9 heteroatoms. The lowest BCUT2D eigenvalue weighted by molar-refractivity contribution is 0.145. The van der Waals surface area contributed by atoms with Crippen LogP contribution in [0, 0.1) is 0 Å². The number of ether oxygens (including phenoxy) is 2. The molecule has 0 spiro atoms. The van der Waals surface area contributed by atoms with Crippen molar-refractivity contribution in [2.75, 3.05) is 53.5 Å². The van der Waals surface area contributed by atoms with Crippen LogP contribution >= 0.6 is 11.8 Å². The molecular weight excluding hydrogens is 500 g/mol. The van der Waals surface area contributed by atoms with Crippen LogP contribution in [0.5, 0.6) is 11.5 Å². The van der Waals surface area contributed by atoms with Crippen molar-refractivity contribution >= 4 is 22.7 Å². The van der Waals surface area contributed by atoms with Crippen molar-refractivity contribution in [1.29, 1.82) is 0 Å². The van der Waals surface area contributed by atoms with Crippen molar-refractivity contribution in [1.82, 2.24) is 19.4 Å². The van der Waals surface area contributed by atoms with Crippen molar-refractivity contribution in [2.45, 2.75) is 23.9 Å². The van der Waals surface area contributed by atoms with Gasteiger partial charge in [0.05, 0.1) is 37.4 Å². The Labute approximate surface area is 227 Å². The Balaban J connectivity index is 1.33. The first-order chi connectivity index (χ1) is 18.6. The van der Waals surface area contributed by atoms with Crippen LogP contribution in [0.25, 0.3) is 10.9 Å². The zero-order valence-corrected chi connectivity index (χ0v) is 22.8. The number of aromatic nitrogens is 2. The molecule has 0 saturated carbocycles. The lowest BCUT2D eigenvalue weighted by atomic mass is 10.2. The molecule has 5 rings (SSSR count). The van der Waals surface area contributed by atoms with Crippen LogP contribution < -0.4 is 15.0 Å². The maximum Gasteiger partial charge on any atom is 0.262 e. The van der Waals surface area contributed by atoms with Gasteiger partial charge in [-0.2, -0.15) is 0 Å². The highest BCUT2D eigenvalue weighted by atomic mass is 32.2. The molecule has 2 aromatic carbocycles. The van der Waals surface area contributed by atoms with E-state index in [2.05, 4.69) is 16.8 Å². The molecule has 2 aromatic heterocycles. The van der Waals surface area contributed by atoms with Gasteiger partial charge in [0.1, 0.15) is 17.3 Å². The van der Waals surface area contributed by atoms with Crippen LogP contribution in [0.15, 0.2) is 75.2 Å². The van der Waals surface area contributed by atoms with E-state index in [1.807, 2.05) is 54.6 Å². The number of piperazine rings is 1. The van der Waals surface area contributed by atoms with Crippen LogP contribution in [0.2, 0.25) is 0 Å². The molecule has 4 aromatic rings. The monoisotopic (exact) mass is 534 g/mol. The largest absolute Gasteiger partial charge is 0.496 e. The van der Waals surface area contributed by atoms with Crippen molar-refractivity contribution in [3.63, 3.8) is 0 Å². The summed E-state index contributed by atoms with van der Waals surface area (Å²) in [5.41, 5.74) is 1.58. The highest BCUT2D eigenvalue weighted by molar-refractivity contribution is 7.98. The summed E-state index contributed by atoms with van der Waals surface area (Å²) < 4.78 is 18.8. The number of para-hydroxylation sites is 1. The molecule has 0 bridgehead atoms. The van der Waals surface area contributed by atoms with E-state index in [0.29, 0.717) is 46.5 Å². The van der Waals surface area contributed by atoms with Crippen LogP contribution in [0.4, 0.5) is 0 Å². The molecule has 0 atom stereocenters. The predicted octanol–water partition coefficient (Wildman–Crippen LogP) is 4.36. The minimum absolute atomic E-state index is 0.114. The third kappa shape index (κ3) is 6.40. The van der Waals surface area contributed by atoms with Crippen molar-refractivity contribution < 1.29 is 13.9 Å². The molecule has 1 aliphatic heterocycles. The number of methoxy groups -OCH3 is 1. The fraction of sp³-hybridized carbons (Fsp3) is 0.379. The normalized spacial score (nSPS) is 14.7. The molecular formula is C29H34N4O4S. The minimum Gasteiger partial charge on any atom is -0.496 e. The van der Waals surface area contributed by atoms with E-state index in [-0.39, 0.29) is 5.56 Å². The number of furan rings is 1. The van der Waals surface area contributed by atoms with Gasteiger partial charge in [0.25, 0.3) is 5.56 Å². The van der Waals surface area contributed by atoms with Crippen LogP contribution in [0.1, 0.15) is 17.7 Å². The molecule has 1 fully saturated rings. The van der Waals surface area contributed by atoms with Gasteiger partial charge in [-0.05, 0) is 49.9 Å². The van der Waals surface area contributed by atoms with E-state index in [4.69, 9.17) is 18.9 Å². The van der Waals surface area contributed by atoms with Crippen molar-refractivity contribution in [3.05, 3.63) is 82.5 Å². The van der Waals surface area contributed by atoms with E-state index in [1.54, 1.807) is 17.9 Å². The average molecular weight is 535 g/mol. The Kier molecular flexibility index (Phi) is 8.68. The second-order valence-electron chi connectivity index (χ2n) is 9.49. The Hall–Kier alpha value is -3.27. The number of rotatable bonds is 11. The van der Waals surface area contributed by atoms with Gasteiger partial charge in [0.2, 0.25) is 0 Å². The summed E-state index contributed by atoms with van der Waals surface area (Å²) in [6, 6.07) is 17.2. The lowest BCUT2D eigenvalue weighted by Crippen LogP contribution is -2.44. The van der Waals surface area contributed by atoms with E-state index >= 15 is 0 Å². The summed E-state index contributed by atoms with van der Waals surface area (Å²) in [7, 11) is 3.83. The standard InChI is InChI=1S/C29H34N4O4S/c1-31-13-15-32(16-14-31)12-6-18-36-23-10-11-26-25(19-23)28(34)33(20-24-8-5-17-37-24)29(30-26)38-21-22-7-3-4-9-27(22)35-2/h3-5,7-11,17,19H,6,12-16,18,20-21H2,1-2H3. The first kappa shape index (κ1) is 26.3. The van der Waals surface area contributed by atoms with E-state index < -0.39 is 0 Å². The van der Waals surface area contributed by atoms with Crippen molar-refractivity contribution in [3.8, 4) is 11.5 Å². The maximum atomic E-state index is 13.7.